The minimum absolute atomic E-state index is 0.466. The van der Waals surface area contributed by atoms with E-state index in [2.05, 4.69) is 36.5 Å². The lowest BCUT2D eigenvalue weighted by atomic mass is 10.1. The second-order valence-corrected chi connectivity index (χ2v) is 6.61. The molecule has 0 spiro atoms. The van der Waals surface area contributed by atoms with Crippen LogP contribution in [0.2, 0.25) is 0 Å². The predicted octanol–water partition coefficient (Wildman–Crippen LogP) is 5.18. The molecule has 0 heterocycles. The SMILES string of the molecule is CCc1ccc(COc2ccc(NC(=O)OC(C)(C)C)cc2)cc1. The number of carbonyl (C=O) groups is 1. The smallest absolute Gasteiger partial charge is 0.412 e. The molecule has 0 radical (unpaired) electrons. The summed E-state index contributed by atoms with van der Waals surface area (Å²) in [4.78, 5) is 11.7. The third-order valence-electron chi connectivity index (χ3n) is 3.34. The highest BCUT2D eigenvalue weighted by atomic mass is 16.6. The predicted molar refractivity (Wildman–Crippen MR) is 96.5 cm³/mol. The van der Waals surface area contributed by atoms with Crippen LogP contribution in [0, 0.1) is 0 Å². The van der Waals surface area contributed by atoms with E-state index in [1.54, 1.807) is 12.1 Å². The Morgan fingerprint density at radius 1 is 0.958 bits per heavy atom. The van der Waals surface area contributed by atoms with E-state index in [-0.39, 0.29) is 0 Å². The molecular formula is C20H25NO3. The molecule has 0 bridgehead atoms. The van der Waals surface area contributed by atoms with E-state index in [1.165, 1.54) is 5.56 Å². The van der Waals surface area contributed by atoms with E-state index in [4.69, 9.17) is 9.47 Å². The Morgan fingerprint density at radius 2 is 1.54 bits per heavy atom. The number of hydrogen-bond donors (Lipinski definition) is 1. The van der Waals surface area contributed by atoms with Crippen LogP contribution in [0.3, 0.4) is 0 Å². The van der Waals surface area contributed by atoms with Crippen molar-refractivity contribution in [2.75, 3.05) is 5.32 Å². The van der Waals surface area contributed by atoms with Gasteiger partial charge in [-0.1, -0.05) is 31.2 Å². The fourth-order valence-corrected chi connectivity index (χ4v) is 2.09. The number of rotatable bonds is 5. The highest BCUT2D eigenvalue weighted by Crippen LogP contribution is 2.18. The van der Waals surface area contributed by atoms with Gasteiger partial charge >= 0.3 is 6.09 Å². The first kappa shape index (κ1) is 17.9. The Labute approximate surface area is 143 Å². The summed E-state index contributed by atoms with van der Waals surface area (Å²) >= 11 is 0. The number of ether oxygens (including phenoxy) is 2. The third-order valence-corrected chi connectivity index (χ3v) is 3.34. The van der Waals surface area contributed by atoms with Crippen LogP contribution in [-0.2, 0) is 17.8 Å². The number of carbonyl (C=O) groups excluding carboxylic acids is 1. The van der Waals surface area contributed by atoms with Crippen molar-refractivity contribution in [3.63, 3.8) is 0 Å². The summed E-state index contributed by atoms with van der Waals surface area (Å²) < 4.78 is 11.0. The molecule has 0 atom stereocenters. The van der Waals surface area contributed by atoms with Crippen LogP contribution in [0.25, 0.3) is 0 Å². The standard InChI is InChI=1S/C20H25NO3/c1-5-15-6-8-16(9-7-15)14-23-18-12-10-17(11-13-18)21-19(22)24-20(2,3)4/h6-13H,5,14H2,1-4H3,(H,21,22). The second kappa shape index (κ2) is 7.86. The molecule has 2 rings (SSSR count). The number of nitrogens with one attached hydrogen (secondary N) is 1. The van der Waals surface area contributed by atoms with Crippen molar-refractivity contribution in [1.82, 2.24) is 0 Å². The lowest BCUT2D eigenvalue weighted by Gasteiger charge is -2.19. The van der Waals surface area contributed by atoms with Gasteiger partial charge in [-0.15, -0.1) is 0 Å². The van der Waals surface area contributed by atoms with Crippen LogP contribution < -0.4 is 10.1 Å². The molecule has 0 unspecified atom stereocenters. The molecule has 0 saturated heterocycles. The molecule has 2 aromatic carbocycles. The topological polar surface area (TPSA) is 47.6 Å². The maximum Gasteiger partial charge on any atom is 0.412 e. The number of anilines is 1. The van der Waals surface area contributed by atoms with Gasteiger partial charge in [-0.25, -0.2) is 4.79 Å². The van der Waals surface area contributed by atoms with Gasteiger partial charge in [0.25, 0.3) is 0 Å². The molecule has 24 heavy (non-hydrogen) atoms. The van der Waals surface area contributed by atoms with Crippen LogP contribution in [0.4, 0.5) is 10.5 Å². The number of amides is 1. The highest BCUT2D eigenvalue weighted by molar-refractivity contribution is 5.84. The van der Waals surface area contributed by atoms with Gasteiger partial charge in [0, 0.05) is 5.69 Å². The summed E-state index contributed by atoms with van der Waals surface area (Å²) in [6, 6.07) is 15.6. The Balaban J connectivity index is 1.86. The van der Waals surface area contributed by atoms with Crippen molar-refractivity contribution in [2.24, 2.45) is 0 Å². The van der Waals surface area contributed by atoms with E-state index >= 15 is 0 Å². The Kier molecular flexibility index (Phi) is 5.85. The molecule has 0 aliphatic rings. The third kappa shape index (κ3) is 5.95. The quantitative estimate of drug-likeness (QED) is 0.823. The molecule has 4 nitrogen and oxygen atoms in total. The van der Waals surface area contributed by atoms with Gasteiger partial charge in [-0.2, -0.15) is 0 Å². The first-order chi connectivity index (χ1) is 11.4. The van der Waals surface area contributed by atoms with Crippen molar-refractivity contribution in [3.8, 4) is 5.75 Å². The molecule has 0 saturated carbocycles. The molecule has 0 fully saturated rings. The number of aryl methyl sites for hydroxylation is 1. The largest absolute Gasteiger partial charge is 0.489 e. The summed E-state index contributed by atoms with van der Waals surface area (Å²) in [5, 5.41) is 2.70. The maximum atomic E-state index is 11.7. The number of benzene rings is 2. The first-order valence-electron chi connectivity index (χ1n) is 8.16. The normalized spacial score (nSPS) is 11.0. The molecule has 4 heteroatoms. The zero-order chi connectivity index (χ0) is 17.6. The summed E-state index contributed by atoms with van der Waals surface area (Å²) in [6.07, 6.45) is 0.569. The first-order valence-corrected chi connectivity index (χ1v) is 8.16. The van der Waals surface area contributed by atoms with Gasteiger partial charge in [-0.3, -0.25) is 5.32 Å². The summed E-state index contributed by atoms with van der Waals surface area (Å²) in [6.45, 7) is 8.14. The molecule has 128 valence electrons. The average molecular weight is 327 g/mol. The summed E-state index contributed by atoms with van der Waals surface area (Å²) in [5.41, 5.74) is 2.60. The van der Waals surface area contributed by atoms with Gasteiger partial charge < -0.3 is 9.47 Å². The molecule has 0 aliphatic heterocycles. The maximum absolute atomic E-state index is 11.7. The zero-order valence-corrected chi connectivity index (χ0v) is 14.8. The summed E-state index contributed by atoms with van der Waals surface area (Å²) in [7, 11) is 0. The van der Waals surface area contributed by atoms with E-state index in [9.17, 15) is 4.79 Å². The lowest BCUT2D eigenvalue weighted by molar-refractivity contribution is 0.0636. The lowest BCUT2D eigenvalue weighted by Crippen LogP contribution is -2.27. The van der Waals surface area contributed by atoms with Crippen molar-refractivity contribution < 1.29 is 14.3 Å². The monoisotopic (exact) mass is 327 g/mol. The second-order valence-electron chi connectivity index (χ2n) is 6.61. The van der Waals surface area contributed by atoms with Gasteiger partial charge in [-0.05, 0) is 62.6 Å². The molecule has 1 N–H and O–H groups in total. The summed E-state index contributed by atoms with van der Waals surface area (Å²) in [5.74, 6) is 0.754. The Morgan fingerprint density at radius 3 is 2.08 bits per heavy atom. The average Bonchev–Trinajstić information content (AvgIpc) is 2.53. The fourth-order valence-electron chi connectivity index (χ4n) is 2.09. The van der Waals surface area contributed by atoms with Crippen molar-refractivity contribution in [3.05, 3.63) is 59.7 Å². The Bertz CT molecular complexity index is 655. The van der Waals surface area contributed by atoms with Gasteiger partial charge in [0.15, 0.2) is 0 Å². The van der Waals surface area contributed by atoms with Gasteiger partial charge in [0.2, 0.25) is 0 Å². The minimum Gasteiger partial charge on any atom is -0.489 e. The molecule has 2 aromatic rings. The van der Waals surface area contributed by atoms with Crippen LogP contribution >= 0.6 is 0 Å². The van der Waals surface area contributed by atoms with E-state index < -0.39 is 11.7 Å². The van der Waals surface area contributed by atoms with E-state index in [1.807, 2.05) is 32.9 Å². The molecule has 0 aliphatic carbocycles. The van der Waals surface area contributed by atoms with Crippen molar-refractivity contribution in [2.45, 2.75) is 46.3 Å². The van der Waals surface area contributed by atoms with Crippen LogP contribution in [0.5, 0.6) is 5.75 Å². The molecule has 1 amide bonds. The number of hydrogen-bond acceptors (Lipinski definition) is 3. The zero-order valence-electron chi connectivity index (χ0n) is 14.8. The van der Waals surface area contributed by atoms with Crippen molar-refractivity contribution in [1.29, 1.82) is 0 Å². The van der Waals surface area contributed by atoms with Crippen LogP contribution in [-0.4, -0.2) is 11.7 Å². The van der Waals surface area contributed by atoms with Crippen LogP contribution in [0.15, 0.2) is 48.5 Å². The van der Waals surface area contributed by atoms with Gasteiger partial charge in [0.05, 0.1) is 0 Å². The van der Waals surface area contributed by atoms with E-state index in [0.717, 1.165) is 17.7 Å². The van der Waals surface area contributed by atoms with Crippen LogP contribution in [0.1, 0.15) is 38.8 Å². The fraction of sp³-hybridized carbons (Fsp3) is 0.350. The van der Waals surface area contributed by atoms with Gasteiger partial charge in [0.1, 0.15) is 18.0 Å². The van der Waals surface area contributed by atoms with E-state index in [0.29, 0.717) is 12.3 Å². The molecular weight excluding hydrogens is 302 g/mol. The molecule has 0 aromatic heterocycles. The van der Waals surface area contributed by atoms with Crippen molar-refractivity contribution >= 4 is 11.8 Å². The minimum atomic E-state index is -0.513. The highest BCUT2D eigenvalue weighted by Gasteiger charge is 2.16. The Hall–Kier alpha value is -2.49.